The molecule has 17 heavy (non-hydrogen) atoms. The van der Waals surface area contributed by atoms with E-state index in [0.29, 0.717) is 0 Å². The van der Waals surface area contributed by atoms with Crippen LogP contribution in [0.1, 0.15) is 11.1 Å². The lowest BCUT2D eigenvalue weighted by atomic mass is 9.99. The highest BCUT2D eigenvalue weighted by molar-refractivity contribution is 5.90. The van der Waals surface area contributed by atoms with Gasteiger partial charge in [0, 0.05) is 5.56 Å². The van der Waals surface area contributed by atoms with Crippen molar-refractivity contribution in [1.82, 2.24) is 0 Å². The lowest BCUT2D eigenvalue weighted by Crippen LogP contribution is -1.88. The van der Waals surface area contributed by atoms with E-state index in [9.17, 15) is 0 Å². The molecule has 0 unspecified atom stereocenters. The normalized spacial score (nSPS) is 10.7. The molecular formula is C15H15NO. The summed E-state index contributed by atoms with van der Waals surface area (Å²) in [6, 6.07) is 16.6. The van der Waals surface area contributed by atoms with Crippen molar-refractivity contribution in [2.75, 3.05) is 7.11 Å². The van der Waals surface area contributed by atoms with Crippen LogP contribution in [0.2, 0.25) is 0 Å². The molecule has 86 valence electrons. The van der Waals surface area contributed by atoms with Gasteiger partial charge in [-0.3, -0.25) is 0 Å². The van der Waals surface area contributed by atoms with Crippen molar-refractivity contribution in [3.8, 4) is 11.1 Å². The van der Waals surface area contributed by atoms with Gasteiger partial charge in [0.25, 0.3) is 0 Å². The van der Waals surface area contributed by atoms with Crippen LogP contribution in [-0.4, -0.2) is 13.3 Å². The van der Waals surface area contributed by atoms with Gasteiger partial charge in [0.1, 0.15) is 7.11 Å². The van der Waals surface area contributed by atoms with Crippen LogP contribution in [0, 0.1) is 6.92 Å². The molecule has 0 atom stereocenters. The van der Waals surface area contributed by atoms with E-state index in [4.69, 9.17) is 4.84 Å². The van der Waals surface area contributed by atoms with Crippen LogP contribution in [0.25, 0.3) is 11.1 Å². The second kappa shape index (κ2) is 5.30. The number of hydrogen-bond acceptors (Lipinski definition) is 2. The molecule has 0 spiro atoms. The second-order valence-electron chi connectivity index (χ2n) is 3.87. The first-order chi connectivity index (χ1) is 8.31. The standard InChI is InChI=1S/C15H15NO/c1-12-6-5-8-13(10-12)15-9-4-3-7-14(15)11-16-17-2/h3-11H,1-2H3/b16-11+. The highest BCUT2D eigenvalue weighted by Crippen LogP contribution is 2.23. The molecule has 0 radical (unpaired) electrons. The topological polar surface area (TPSA) is 21.6 Å². The maximum atomic E-state index is 4.73. The van der Waals surface area contributed by atoms with Crippen LogP contribution in [0.15, 0.2) is 53.7 Å². The molecule has 0 aromatic heterocycles. The van der Waals surface area contributed by atoms with Crippen molar-refractivity contribution >= 4 is 6.21 Å². The van der Waals surface area contributed by atoms with Crippen molar-refractivity contribution in [2.45, 2.75) is 6.92 Å². The Labute approximate surface area is 102 Å². The predicted octanol–water partition coefficient (Wildman–Crippen LogP) is 3.64. The van der Waals surface area contributed by atoms with Crippen molar-refractivity contribution in [2.24, 2.45) is 5.16 Å². The van der Waals surface area contributed by atoms with Gasteiger partial charge in [-0.25, -0.2) is 0 Å². The fourth-order valence-electron chi connectivity index (χ4n) is 1.79. The molecule has 0 saturated heterocycles. The van der Waals surface area contributed by atoms with E-state index < -0.39 is 0 Å². The highest BCUT2D eigenvalue weighted by Gasteiger charge is 2.02. The average molecular weight is 225 g/mol. The Morgan fingerprint density at radius 1 is 1.06 bits per heavy atom. The van der Waals surface area contributed by atoms with Crippen molar-refractivity contribution in [3.05, 3.63) is 59.7 Å². The number of nitrogens with zero attached hydrogens (tertiary/aromatic N) is 1. The molecule has 0 bridgehead atoms. The van der Waals surface area contributed by atoms with Crippen molar-refractivity contribution in [1.29, 1.82) is 0 Å². The van der Waals surface area contributed by atoms with Gasteiger partial charge < -0.3 is 4.84 Å². The van der Waals surface area contributed by atoms with E-state index in [0.717, 1.165) is 11.1 Å². The smallest absolute Gasteiger partial charge is 0.106 e. The SMILES string of the molecule is CO/N=C/c1ccccc1-c1cccc(C)c1. The maximum absolute atomic E-state index is 4.73. The zero-order valence-corrected chi connectivity index (χ0v) is 10.1. The minimum atomic E-state index is 1.06. The van der Waals surface area contributed by atoms with E-state index >= 15 is 0 Å². The second-order valence-corrected chi connectivity index (χ2v) is 3.87. The monoisotopic (exact) mass is 225 g/mol. The molecule has 0 N–H and O–H groups in total. The Balaban J connectivity index is 2.48. The fraction of sp³-hybridized carbons (Fsp3) is 0.133. The van der Waals surface area contributed by atoms with Crippen LogP contribution >= 0.6 is 0 Å². The molecular weight excluding hydrogens is 210 g/mol. The van der Waals surface area contributed by atoms with Gasteiger partial charge in [-0.15, -0.1) is 0 Å². The van der Waals surface area contributed by atoms with Crippen LogP contribution in [-0.2, 0) is 4.84 Å². The molecule has 2 aromatic carbocycles. The predicted molar refractivity (Wildman–Crippen MR) is 71.2 cm³/mol. The number of aryl methyl sites for hydroxylation is 1. The molecule has 0 fully saturated rings. The summed E-state index contributed by atoms with van der Waals surface area (Å²) in [7, 11) is 1.55. The molecule has 2 rings (SSSR count). The first-order valence-electron chi connectivity index (χ1n) is 5.54. The van der Waals surface area contributed by atoms with E-state index in [1.54, 1.807) is 13.3 Å². The van der Waals surface area contributed by atoms with Crippen molar-refractivity contribution in [3.63, 3.8) is 0 Å². The molecule has 0 amide bonds. The van der Waals surface area contributed by atoms with Gasteiger partial charge in [0.2, 0.25) is 0 Å². The van der Waals surface area contributed by atoms with E-state index in [1.807, 2.05) is 18.2 Å². The largest absolute Gasteiger partial charge is 0.399 e. The third kappa shape index (κ3) is 2.72. The first kappa shape index (κ1) is 11.4. The Kier molecular flexibility index (Phi) is 3.55. The first-order valence-corrected chi connectivity index (χ1v) is 5.54. The Morgan fingerprint density at radius 2 is 1.88 bits per heavy atom. The molecule has 2 aromatic rings. The molecule has 0 aliphatic rings. The van der Waals surface area contributed by atoms with Gasteiger partial charge in [0.15, 0.2) is 0 Å². The molecule has 0 heterocycles. The number of benzene rings is 2. The lowest BCUT2D eigenvalue weighted by molar-refractivity contribution is 0.215. The Morgan fingerprint density at radius 3 is 2.65 bits per heavy atom. The number of hydrogen-bond donors (Lipinski definition) is 0. The third-order valence-electron chi connectivity index (χ3n) is 2.59. The van der Waals surface area contributed by atoms with Gasteiger partial charge in [-0.2, -0.15) is 0 Å². The molecule has 0 saturated carbocycles. The summed E-state index contributed by atoms with van der Waals surface area (Å²) >= 11 is 0. The zero-order chi connectivity index (χ0) is 12.1. The Hall–Kier alpha value is -2.09. The molecule has 2 heteroatoms. The van der Waals surface area contributed by atoms with Gasteiger partial charge in [0.05, 0.1) is 6.21 Å². The highest BCUT2D eigenvalue weighted by atomic mass is 16.6. The summed E-state index contributed by atoms with van der Waals surface area (Å²) in [5.41, 5.74) is 4.67. The quantitative estimate of drug-likeness (QED) is 0.577. The van der Waals surface area contributed by atoms with Gasteiger partial charge in [-0.1, -0.05) is 59.3 Å². The molecule has 2 nitrogen and oxygen atoms in total. The average Bonchev–Trinajstić information content (AvgIpc) is 2.37. The molecule has 0 aliphatic heterocycles. The van der Waals surface area contributed by atoms with Gasteiger partial charge in [-0.05, 0) is 18.1 Å². The Bertz CT molecular complexity index is 532. The summed E-state index contributed by atoms with van der Waals surface area (Å²) in [4.78, 5) is 4.73. The number of rotatable bonds is 3. The summed E-state index contributed by atoms with van der Waals surface area (Å²) in [6.07, 6.45) is 1.73. The van der Waals surface area contributed by atoms with E-state index in [1.165, 1.54) is 11.1 Å². The lowest BCUT2D eigenvalue weighted by Gasteiger charge is -2.06. The van der Waals surface area contributed by atoms with Crippen LogP contribution in [0.5, 0.6) is 0 Å². The maximum Gasteiger partial charge on any atom is 0.106 e. The minimum absolute atomic E-state index is 1.06. The van der Waals surface area contributed by atoms with Crippen molar-refractivity contribution < 1.29 is 4.84 Å². The summed E-state index contributed by atoms with van der Waals surface area (Å²) in [5, 5.41) is 3.83. The summed E-state index contributed by atoms with van der Waals surface area (Å²) in [5.74, 6) is 0. The zero-order valence-electron chi connectivity index (χ0n) is 10.1. The van der Waals surface area contributed by atoms with Crippen LogP contribution in [0.4, 0.5) is 0 Å². The molecule has 0 aliphatic carbocycles. The van der Waals surface area contributed by atoms with E-state index in [-0.39, 0.29) is 0 Å². The number of oxime groups is 1. The van der Waals surface area contributed by atoms with Crippen LogP contribution < -0.4 is 0 Å². The van der Waals surface area contributed by atoms with Gasteiger partial charge >= 0.3 is 0 Å². The summed E-state index contributed by atoms with van der Waals surface area (Å²) in [6.45, 7) is 2.09. The summed E-state index contributed by atoms with van der Waals surface area (Å²) < 4.78 is 0. The van der Waals surface area contributed by atoms with Crippen LogP contribution in [0.3, 0.4) is 0 Å². The van der Waals surface area contributed by atoms with E-state index in [2.05, 4.69) is 42.4 Å². The fourth-order valence-corrected chi connectivity index (χ4v) is 1.79. The minimum Gasteiger partial charge on any atom is -0.399 e. The third-order valence-corrected chi connectivity index (χ3v) is 2.59.